The molecule has 4 rings (SSSR count). The van der Waals surface area contributed by atoms with Gasteiger partial charge in [0.15, 0.2) is 0 Å². The second-order valence-electron chi connectivity index (χ2n) is 9.88. The zero-order valence-electron chi connectivity index (χ0n) is 21.6. The first-order valence-corrected chi connectivity index (χ1v) is 12.9. The zero-order valence-corrected chi connectivity index (χ0v) is 22.4. The van der Waals surface area contributed by atoms with Gasteiger partial charge in [-0.15, -0.1) is 0 Å². The van der Waals surface area contributed by atoms with Crippen molar-refractivity contribution in [2.75, 3.05) is 25.5 Å². The van der Waals surface area contributed by atoms with Crippen molar-refractivity contribution in [1.29, 1.82) is 0 Å². The first-order chi connectivity index (χ1) is 17.7. The number of carbonyl (C=O) groups excluding carboxylic acids is 2. The lowest BCUT2D eigenvalue weighted by Gasteiger charge is -2.38. The van der Waals surface area contributed by atoms with Crippen LogP contribution >= 0.6 is 11.6 Å². The number of rotatable bonds is 7. The van der Waals surface area contributed by atoms with Crippen LogP contribution in [0.3, 0.4) is 0 Å². The van der Waals surface area contributed by atoms with Crippen LogP contribution in [-0.2, 0) is 6.54 Å². The molecular formula is C29H33ClN4O3. The maximum absolute atomic E-state index is 13.6. The van der Waals surface area contributed by atoms with Crippen molar-refractivity contribution in [3.05, 3.63) is 88.7 Å². The number of para-hydroxylation sites is 1. The number of anilines is 1. The minimum absolute atomic E-state index is 0.00245. The number of likely N-dealkylation sites (N-methyl/N-ethyl adjacent to an activating group) is 1. The molecule has 1 aliphatic heterocycles. The highest BCUT2D eigenvalue weighted by Gasteiger charge is 2.34. The molecule has 0 aliphatic carbocycles. The number of benzene rings is 2. The number of halogens is 1. The molecule has 1 N–H and O–H groups in total. The molecule has 0 radical (unpaired) electrons. The predicted octanol–water partition coefficient (Wildman–Crippen LogP) is 5.37. The van der Waals surface area contributed by atoms with Gasteiger partial charge in [-0.25, -0.2) is 0 Å². The lowest BCUT2D eigenvalue weighted by Crippen LogP contribution is -2.48. The molecule has 37 heavy (non-hydrogen) atoms. The van der Waals surface area contributed by atoms with Gasteiger partial charge in [-0.3, -0.25) is 19.5 Å². The quantitative estimate of drug-likeness (QED) is 0.453. The van der Waals surface area contributed by atoms with Crippen LogP contribution in [0.5, 0.6) is 5.75 Å². The number of nitrogens with one attached hydrogen (secondary N) is 1. The maximum Gasteiger partial charge on any atom is 0.259 e. The summed E-state index contributed by atoms with van der Waals surface area (Å²) in [7, 11) is 2.04. The van der Waals surface area contributed by atoms with Crippen molar-refractivity contribution in [1.82, 2.24) is 14.8 Å². The van der Waals surface area contributed by atoms with Gasteiger partial charge in [-0.2, -0.15) is 0 Å². The topological polar surface area (TPSA) is 74.8 Å². The molecule has 0 fully saturated rings. The highest BCUT2D eigenvalue weighted by Crippen LogP contribution is 2.32. The number of pyridine rings is 1. The van der Waals surface area contributed by atoms with Gasteiger partial charge in [0.1, 0.15) is 11.9 Å². The van der Waals surface area contributed by atoms with E-state index in [9.17, 15) is 9.59 Å². The second-order valence-corrected chi connectivity index (χ2v) is 10.3. The van der Waals surface area contributed by atoms with E-state index >= 15 is 0 Å². The van der Waals surface area contributed by atoms with E-state index in [2.05, 4.69) is 22.1 Å². The highest BCUT2D eigenvalue weighted by molar-refractivity contribution is 6.30. The molecule has 8 heteroatoms. The predicted molar refractivity (Wildman–Crippen MR) is 146 cm³/mol. The average Bonchev–Trinajstić information content (AvgIpc) is 2.87. The van der Waals surface area contributed by atoms with Gasteiger partial charge >= 0.3 is 0 Å². The molecule has 1 aliphatic rings. The molecule has 0 saturated carbocycles. The van der Waals surface area contributed by atoms with Gasteiger partial charge in [-0.05, 0) is 62.9 Å². The normalized spacial score (nSPS) is 17.7. The molecule has 2 aromatic carbocycles. The summed E-state index contributed by atoms with van der Waals surface area (Å²) in [4.78, 5) is 35.0. The molecule has 2 atom stereocenters. The van der Waals surface area contributed by atoms with E-state index in [1.165, 1.54) is 0 Å². The smallest absolute Gasteiger partial charge is 0.259 e. The summed E-state index contributed by atoms with van der Waals surface area (Å²) in [6.45, 7) is 8.00. The Labute approximate surface area is 223 Å². The molecule has 2 amide bonds. The lowest BCUT2D eigenvalue weighted by molar-refractivity contribution is 0.0427. The molecule has 7 nitrogen and oxygen atoms in total. The third-order valence-electron chi connectivity index (χ3n) is 6.56. The monoisotopic (exact) mass is 520 g/mol. The minimum atomic E-state index is -0.339. The molecule has 0 spiro atoms. The largest absolute Gasteiger partial charge is 0.487 e. The van der Waals surface area contributed by atoms with Gasteiger partial charge in [0.2, 0.25) is 0 Å². The number of fused-ring (bicyclic) bond motifs is 1. The summed E-state index contributed by atoms with van der Waals surface area (Å²) in [5.41, 5.74) is 2.48. The highest BCUT2D eigenvalue weighted by atomic mass is 35.5. The third kappa shape index (κ3) is 6.48. The Morgan fingerprint density at radius 1 is 1.16 bits per heavy atom. The van der Waals surface area contributed by atoms with Gasteiger partial charge in [0, 0.05) is 54.7 Å². The van der Waals surface area contributed by atoms with Crippen LogP contribution in [0.2, 0.25) is 5.02 Å². The summed E-state index contributed by atoms with van der Waals surface area (Å²) in [5.74, 6) is -0.124. The van der Waals surface area contributed by atoms with Crippen LogP contribution in [0.15, 0.2) is 67.0 Å². The van der Waals surface area contributed by atoms with E-state index in [0.29, 0.717) is 47.2 Å². The van der Waals surface area contributed by atoms with E-state index in [1.807, 2.05) is 50.1 Å². The number of aromatic nitrogens is 1. The Balaban J connectivity index is 1.66. The first-order valence-electron chi connectivity index (χ1n) is 12.5. The first kappa shape index (κ1) is 26.6. The molecule has 194 valence electrons. The van der Waals surface area contributed by atoms with Gasteiger partial charge in [0.05, 0.1) is 11.1 Å². The second kappa shape index (κ2) is 11.8. The van der Waals surface area contributed by atoms with Crippen LogP contribution in [0.1, 0.15) is 47.1 Å². The molecule has 1 aromatic heterocycles. The Morgan fingerprint density at radius 3 is 2.54 bits per heavy atom. The van der Waals surface area contributed by atoms with Gasteiger partial charge < -0.3 is 15.0 Å². The van der Waals surface area contributed by atoms with Crippen molar-refractivity contribution < 1.29 is 14.3 Å². The Kier molecular flexibility index (Phi) is 8.46. The van der Waals surface area contributed by atoms with Crippen LogP contribution in [0, 0.1) is 5.92 Å². The summed E-state index contributed by atoms with van der Waals surface area (Å²) in [5, 5.41) is 3.60. The van der Waals surface area contributed by atoms with E-state index in [-0.39, 0.29) is 29.9 Å². The number of hydrogen-bond donors (Lipinski definition) is 1. The number of carbonyl (C=O) groups is 2. The fourth-order valence-electron chi connectivity index (χ4n) is 4.51. The van der Waals surface area contributed by atoms with Crippen LogP contribution in [-0.4, -0.2) is 58.9 Å². The summed E-state index contributed by atoms with van der Waals surface area (Å²) in [6, 6.07) is 16.4. The van der Waals surface area contributed by atoms with Crippen molar-refractivity contribution in [2.45, 2.75) is 39.5 Å². The molecule has 3 aromatic rings. The number of ether oxygens (including phenoxy) is 1. The summed E-state index contributed by atoms with van der Waals surface area (Å²) < 4.78 is 6.58. The molecule has 2 unspecified atom stereocenters. The Morgan fingerprint density at radius 2 is 1.86 bits per heavy atom. The van der Waals surface area contributed by atoms with Crippen LogP contribution < -0.4 is 10.1 Å². The van der Waals surface area contributed by atoms with Crippen molar-refractivity contribution >= 4 is 29.1 Å². The molecular weight excluding hydrogens is 488 g/mol. The van der Waals surface area contributed by atoms with E-state index in [0.717, 1.165) is 5.56 Å². The summed E-state index contributed by atoms with van der Waals surface area (Å²) in [6.07, 6.45) is 2.97. The number of nitrogens with zero attached hydrogens (tertiary/aromatic N) is 3. The van der Waals surface area contributed by atoms with Crippen molar-refractivity contribution in [3.8, 4) is 5.75 Å². The van der Waals surface area contributed by atoms with Crippen molar-refractivity contribution in [3.63, 3.8) is 0 Å². The zero-order chi connectivity index (χ0) is 26.5. The Bertz CT molecular complexity index is 1230. The third-order valence-corrected chi connectivity index (χ3v) is 6.81. The number of amides is 2. The van der Waals surface area contributed by atoms with E-state index < -0.39 is 0 Å². The standard InChI is InChI=1S/C29H33ClN4O3/c1-19(2)34-16-20(3)26(18-33(4)17-21-8-10-22(30)11-9-21)37-27-24(6-5-7-25(27)29(34)36)28(35)32-23-12-14-31-15-13-23/h5-15,19-20,26H,16-18H2,1-4H3,(H,31,32,35). The van der Waals surface area contributed by atoms with Gasteiger partial charge in [0.25, 0.3) is 11.8 Å². The Hall–Kier alpha value is -3.42. The van der Waals surface area contributed by atoms with Gasteiger partial charge in [-0.1, -0.05) is 36.7 Å². The fourth-order valence-corrected chi connectivity index (χ4v) is 4.64. The fraction of sp³-hybridized carbons (Fsp3) is 0.345. The SMILES string of the molecule is CC1CN(C(C)C)C(=O)c2cccc(C(=O)Nc3ccncc3)c2OC1CN(C)Cc1ccc(Cl)cc1. The van der Waals surface area contributed by atoms with Crippen LogP contribution in [0.25, 0.3) is 0 Å². The van der Waals surface area contributed by atoms with Crippen molar-refractivity contribution in [2.24, 2.45) is 5.92 Å². The minimum Gasteiger partial charge on any atom is -0.487 e. The molecule has 0 saturated heterocycles. The molecule has 2 heterocycles. The molecule has 0 bridgehead atoms. The van der Waals surface area contributed by atoms with E-state index in [4.69, 9.17) is 16.3 Å². The summed E-state index contributed by atoms with van der Waals surface area (Å²) >= 11 is 6.05. The van der Waals surface area contributed by atoms with Crippen LogP contribution in [0.4, 0.5) is 5.69 Å². The van der Waals surface area contributed by atoms with E-state index in [1.54, 1.807) is 42.7 Å². The average molecular weight is 521 g/mol. The lowest BCUT2D eigenvalue weighted by atomic mass is 9.98. The number of hydrogen-bond acceptors (Lipinski definition) is 5. The maximum atomic E-state index is 13.6.